The highest BCUT2D eigenvalue weighted by Gasteiger charge is 2.13. The van der Waals surface area contributed by atoms with Gasteiger partial charge < -0.3 is 14.0 Å². The molecule has 0 aliphatic carbocycles. The molecule has 0 aliphatic rings. The Kier molecular flexibility index (Phi) is 6.79. The zero-order valence-electron chi connectivity index (χ0n) is 15.6. The molecule has 142 valence electrons. The second-order valence-electron chi connectivity index (χ2n) is 6.00. The summed E-state index contributed by atoms with van der Waals surface area (Å²) in [6.45, 7) is 5.25. The van der Waals surface area contributed by atoms with Crippen LogP contribution in [0, 0.1) is 6.92 Å². The summed E-state index contributed by atoms with van der Waals surface area (Å²) in [4.78, 5) is 0. The van der Waals surface area contributed by atoms with Crippen molar-refractivity contribution >= 4 is 27.7 Å². The lowest BCUT2D eigenvalue weighted by atomic mass is 10.2. The van der Waals surface area contributed by atoms with Gasteiger partial charge in [0.25, 0.3) is 0 Å². The molecule has 0 bridgehead atoms. The minimum Gasteiger partial charge on any atom is -0.493 e. The van der Waals surface area contributed by atoms with Gasteiger partial charge in [-0.2, -0.15) is 0 Å². The third kappa shape index (κ3) is 5.05. The van der Waals surface area contributed by atoms with E-state index in [1.54, 1.807) is 18.9 Å². The van der Waals surface area contributed by atoms with E-state index in [1.165, 1.54) is 5.56 Å². The molecule has 3 rings (SSSR count). The van der Waals surface area contributed by atoms with Crippen LogP contribution in [0.4, 0.5) is 0 Å². The fourth-order valence-corrected chi connectivity index (χ4v) is 3.86. The van der Waals surface area contributed by atoms with E-state index >= 15 is 0 Å². The molecule has 7 heteroatoms. The van der Waals surface area contributed by atoms with E-state index in [-0.39, 0.29) is 0 Å². The molecule has 0 spiro atoms. The number of ether oxygens (including phenoxy) is 2. The van der Waals surface area contributed by atoms with Gasteiger partial charge in [0, 0.05) is 16.8 Å². The maximum absolute atomic E-state index is 5.94. The second-order valence-corrected chi connectivity index (χ2v) is 7.86. The Morgan fingerprint density at radius 2 is 1.85 bits per heavy atom. The van der Waals surface area contributed by atoms with E-state index < -0.39 is 0 Å². The molecule has 0 radical (unpaired) electrons. The minimum absolute atomic E-state index is 0.346. The van der Waals surface area contributed by atoms with Crippen LogP contribution in [0.15, 0.2) is 52.1 Å². The van der Waals surface area contributed by atoms with Crippen LogP contribution in [-0.4, -0.2) is 21.9 Å². The predicted molar refractivity (Wildman–Crippen MR) is 111 cm³/mol. The normalized spacial score (nSPS) is 10.8. The number of benzene rings is 2. The molecule has 0 aliphatic heterocycles. The largest absolute Gasteiger partial charge is 0.493 e. The van der Waals surface area contributed by atoms with E-state index in [0.29, 0.717) is 12.4 Å². The van der Waals surface area contributed by atoms with Crippen molar-refractivity contribution in [1.29, 1.82) is 0 Å². The van der Waals surface area contributed by atoms with Crippen molar-refractivity contribution in [3.05, 3.63) is 63.9 Å². The fraction of sp³-hybridized carbons (Fsp3) is 0.300. The Morgan fingerprint density at radius 1 is 1.07 bits per heavy atom. The summed E-state index contributed by atoms with van der Waals surface area (Å²) >= 11 is 5.14. The van der Waals surface area contributed by atoms with Gasteiger partial charge in [-0.3, -0.25) is 0 Å². The molecular formula is C20H22BrN3O2S. The summed E-state index contributed by atoms with van der Waals surface area (Å²) in [5.74, 6) is 3.08. The molecular weight excluding hydrogens is 426 g/mol. The number of halogens is 1. The molecule has 0 saturated carbocycles. The van der Waals surface area contributed by atoms with Crippen molar-refractivity contribution in [2.45, 2.75) is 37.9 Å². The SMILES string of the molecule is CCn1c(COc2ccc(C)cc2OC)nnc1SCc1ccc(Br)cc1. The van der Waals surface area contributed by atoms with Crippen LogP contribution in [0.3, 0.4) is 0 Å². The average Bonchev–Trinajstić information content (AvgIpc) is 3.08. The molecule has 3 aromatic rings. The highest BCUT2D eigenvalue weighted by atomic mass is 79.9. The summed E-state index contributed by atoms with van der Waals surface area (Å²) in [5, 5.41) is 9.56. The maximum Gasteiger partial charge on any atom is 0.191 e. The molecule has 1 aromatic heterocycles. The van der Waals surface area contributed by atoms with Gasteiger partial charge in [0.05, 0.1) is 7.11 Å². The van der Waals surface area contributed by atoms with Crippen molar-refractivity contribution in [1.82, 2.24) is 14.8 Å². The number of aromatic nitrogens is 3. The first-order valence-corrected chi connectivity index (χ1v) is 10.4. The highest BCUT2D eigenvalue weighted by molar-refractivity contribution is 9.10. The minimum atomic E-state index is 0.346. The number of hydrogen-bond donors (Lipinski definition) is 0. The van der Waals surface area contributed by atoms with Gasteiger partial charge in [-0.15, -0.1) is 10.2 Å². The summed E-state index contributed by atoms with van der Waals surface area (Å²) in [5.41, 5.74) is 2.37. The predicted octanol–water partition coefficient (Wildman–Crippen LogP) is 5.25. The fourth-order valence-electron chi connectivity index (χ4n) is 2.62. The van der Waals surface area contributed by atoms with E-state index in [4.69, 9.17) is 9.47 Å². The van der Waals surface area contributed by atoms with Gasteiger partial charge >= 0.3 is 0 Å². The smallest absolute Gasteiger partial charge is 0.191 e. The van der Waals surface area contributed by atoms with Gasteiger partial charge in [0.1, 0.15) is 6.61 Å². The molecule has 0 unspecified atom stereocenters. The van der Waals surface area contributed by atoms with Crippen LogP contribution in [-0.2, 0) is 18.9 Å². The Bertz CT molecular complexity index is 897. The Labute approximate surface area is 172 Å². The molecule has 0 atom stereocenters. The first-order valence-electron chi connectivity index (χ1n) is 8.67. The van der Waals surface area contributed by atoms with Crippen LogP contribution in [0.2, 0.25) is 0 Å². The van der Waals surface area contributed by atoms with Crippen molar-refractivity contribution in [3.8, 4) is 11.5 Å². The van der Waals surface area contributed by atoms with E-state index in [0.717, 1.165) is 39.1 Å². The number of nitrogens with zero attached hydrogens (tertiary/aromatic N) is 3. The summed E-state index contributed by atoms with van der Waals surface area (Å²) < 4.78 is 14.5. The third-order valence-corrected chi connectivity index (χ3v) is 5.63. The van der Waals surface area contributed by atoms with Crippen molar-refractivity contribution in [3.63, 3.8) is 0 Å². The van der Waals surface area contributed by atoms with Crippen LogP contribution >= 0.6 is 27.7 Å². The molecule has 0 saturated heterocycles. The second kappa shape index (κ2) is 9.28. The number of aryl methyl sites for hydroxylation is 1. The van der Waals surface area contributed by atoms with Gasteiger partial charge in [-0.1, -0.05) is 45.9 Å². The van der Waals surface area contributed by atoms with Gasteiger partial charge in [0.15, 0.2) is 22.5 Å². The van der Waals surface area contributed by atoms with Crippen molar-refractivity contribution in [2.24, 2.45) is 0 Å². The van der Waals surface area contributed by atoms with E-state index in [1.807, 2.05) is 25.1 Å². The number of hydrogen-bond acceptors (Lipinski definition) is 5. The molecule has 1 heterocycles. The highest BCUT2D eigenvalue weighted by Crippen LogP contribution is 2.29. The standard InChI is InChI=1S/C20H22BrN3O2S/c1-4-24-19(12-26-17-10-5-14(2)11-18(17)25-3)22-23-20(24)27-13-15-6-8-16(21)9-7-15/h5-11H,4,12-13H2,1-3H3. The first kappa shape index (κ1) is 19.8. The Morgan fingerprint density at radius 3 is 2.56 bits per heavy atom. The van der Waals surface area contributed by atoms with Crippen LogP contribution < -0.4 is 9.47 Å². The van der Waals surface area contributed by atoms with E-state index in [2.05, 4.69) is 61.9 Å². The maximum atomic E-state index is 5.94. The molecule has 0 fully saturated rings. The summed E-state index contributed by atoms with van der Waals surface area (Å²) in [6, 6.07) is 14.2. The van der Waals surface area contributed by atoms with E-state index in [9.17, 15) is 0 Å². The number of methoxy groups -OCH3 is 1. The summed E-state index contributed by atoms with van der Waals surface area (Å²) in [6.07, 6.45) is 0. The Hall–Kier alpha value is -1.99. The molecule has 2 aromatic carbocycles. The monoisotopic (exact) mass is 447 g/mol. The van der Waals surface area contributed by atoms with Crippen LogP contribution in [0.1, 0.15) is 23.9 Å². The van der Waals surface area contributed by atoms with Gasteiger partial charge in [-0.25, -0.2) is 0 Å². The summed E-state index contributed by atoms with van der Waals surface area (Å²) in [7, 11) is 1.65. The van der Waals surface area contributed by atoms with Crippen molar-refractivity contribution < 1.29 is 9.47 Å². The number of thioether (sulfide) groups is 1. The topological polar surface area (TPSA) is 49.2 Å². The molecule has 0 amide bonds. The van der Waals surface area contributed by atoms with Gasteiger partial charge in [0.2, 0.25) is 0 Å². The lowest BCUT2D eigenvalue weighted by Crippen LogP contribution is -2.07. The zero-order chi connectivity index (χ0) is 19.2. The zero-order valence-corrected chi connectivity index (χ0v) is 18.0. The van der Waals surface area contributed by atoms with Gasteiger partial charge in [-0.05, 0) is 49.2 Å². The first-order chi connectivity index (χ1) is 13.1. The lowest BCUT2D eigenvalue weighted by Gasteiger charge is -2.12. The molecule has 0 N–H and O–H groups in total. The third-order valence-electron chi connectivity index (χ3n) is 4.07. The number of rotatable bonds is 8. The Balaban J connectivity index is 1.67. The van der Waals surface area contributed by atoms with Crippen LogP contribution in [0.5, 0.6) is 11.5 Å². The van der Waals surface area contributed by atoms with Crippen molar-refractivity contribution in [2.75, 3.05) is 7.11 Å². The molecule has 5 nitrogen and oxygen atoms in total. The average molecular weight is 448 g/mol. The van der Waals surface area contributed by atoms with Crippen LogP contribution in [0.25, 0.3) is 0 Å². The lowest BCUT2D eigenvalue weighted by molar-refractivity contribution is 0.270. The quantitative estimate of drug-likeness (QED) is 0.441. The molecule has 27 heavy (non-hydrogen) atoms.